The van der Waals surface area contributed by atoms with Crippen molar-refractivity contribution in [1.82, 2.24) is 23.9 Å². The van der Waals surface area contributed by atoms with E-state index >= 15 is 0 Å². The fourth-order valence-corrected chi connectivity index (χ4v) is 5.51. The van der Waals surface area contributed by atoms with Crippen LogP contribution >= 0.6 is 0 Å². The van der Waals surface area contributed by atoms with Crippen LogP contribution in [0.4, 0.5) is 0 Å². The molecule has 0 N–H and O–H groups in total. The fourth-order valence-electron chi connectivity index (χ4n) is 5.51. The van der Waals surface area contributed by atoms with Crippen molar-refractivity contribution in [2.75, 3.05) is 40.3 Å². The molecule has 7 nitrogen and oxygen atoms in total. The van der Waals surface area contributed by atoms with Gasteiger partial charge in [-0.05, 0) is 48.0 Å². The highest BCUT2D eigenvalue weighted by Gasteiger charge is 2.28. The van der Waals surface area contributed by atoms with Gasteiger partial charge >= 0.3 is 0 Å². The van der Waals surface area contributed by atoms with Crippen LogP contribution in [-0.2, 0) is 6.54 Å². The minimum absolute atomic E-state index is 0.0866. The number of amides is 1. The highest BCUT2D eigenvalue weighted by molar-refractivity contribution is 6.07. The Bertz CT molecular complexity index is 1620. The monoisotopic (exact) mass is 519 g/mol. The van der Waals surface area contributed by atoms with Gasteiger partial charge in [-0.3, -0.25) is 4.79 Å². The summed E-state index contributed by atoms with van der Waals surface area (Å²) >= 11 is 0. The number of imidazole rings is 1. The number of hydrogen-bond donors (Lipinski definition) is 0. The van der Waals surface area contributed by atoms with Gasteiger partial charge in [0.15, 0.2) is 0 Å². The molecule has 0 bridgehead atoms. The number of benzene rings is 3. The van der Waals surface area contributed by atoms with Crippen molar-refractivity contribution < 1.29 is 9.53 Å². The number of carbonyl (C=O) groups excluding carboxylic acids is 1. The Morgan fingerprint density at radius 3 is 2.44 bits per heavy atom. The first kappa shape index (κ1) is 24.9. The molecule has 5 aromatic rings. The van der Waals surface area contributed by atoms with Gasteiger partial charge in [0.05, 0.1) is 31.7 Å². The van der Waals surface area contributed by atoms with Gasteiger partial charge in [0.2, 0.25) is 0 Å². The summed E-state index contributed by atoms with van der Waals surface area (Å²) in [6.45, 7) is 5.91. The van der Waals surface area contributed by atoms with Crippen LogP contribution in [0.1, 0.15) is 21.6 Å². The molecule has 0 atom stereocenters. The first-order valence-corrected chi connectivity index (χ1v) is 13.3. The smallest absolute Gasteiger partial charge is 0.256 e. The average Bonchev–Trinajstić information content (AvgIpc) is 3.56. The minimum Gasteiger partial charge on any atom is -0.497 e. The van der Waals surface area contributed by atoms with Crippen LogP contribution in [0, 0.1) is 6.92 Å². The number of piperazine rings is 1. The normalized spacial score (nSPS) is 14.2. The summed E-state index contributed by atoms with van der Waals surface area (Å²) in [5.41, 5.74) is 4.83. The second-order valence-electron chi connectivity index (χ2n) is 10.2. The number of carbonyl (C=O) groups is 1. The van der Waals surface area contributed by atoms with Crippen LogP contribution in [0.2, 0.25) is 0 Å². The summed E-state index contributed by atoms with van der Waals surface area (Å²) in [4.78, 5) is 22.9. The van der Waals surface area contributed by atoms with Crippen molar-refractivity contribution in [2.24, 2.45) is 0 Å². The van der Waals surface area contributed by atoms with Crippen molar-refractivity contribution in [3.05, 3.63) is 102 Å². The van der Waals surface area contributed by atoms with Crippen molar-refractivity contribution in [3.63, 3.8) is 0 Å². The molecule has 1 aliphatic heterocycles. The van der Waals surface area contributed by atoms with Gasteiger partial charge in [-0.25, -0.2) is 4.98 Å². The molecule has 0 spiro atoms. The minimum atomic E-state index is 0.0866. The number of ether oxygens (including phenoxy) is 1. The number of nitrogens with zero attached hydrogens (tertiary/aromatic N) is 5. The number of hydrogen-bond acceptors (Lipinski definition) is 4. The number of fused-ring (bicyclic) bond motifs is 1. The number of rotatable bonds is 6. The molecular weight excluding hydrogens is 486 g/mol. The number of likely N-dealkylation sites (N-methyl/N-ethyl adjacent to an activating group) is 1. The van der Waals surface area contributed by atoms with Crippen LogP contribution in [0.5, 0.6) is 5.75 Å². The Balaban J connectivity index is 1.47. The lowest BCUT2D eigenvalue weighted by Gasteiger charge is -2.32. The van der Waals surface area contributed by atoms with E-state index in [2.05, 4.69) is 86.9 Å². The SMILES string of the molecule is COc1ccc(Cn2cncc2-n2cc(-c3cccc4ccccc34)c(C(=O)N3CCN(C)CC3)c2C)cc1. The molecule has 1 aliphatic rings. The van der Waals surface area contributed by atoms with Gasteiger partial charge in [0, 0.05) is 43.6 Å². The average molecular weight is 520 g/mol. The van der Waals surface area contributed by atoms with Gasteiger partial charge < -0.3 is 23.7 Å². The van der Waals surface area contributed by atoms with Crippen molar-refractivity contribution in [1.29, 1.82) is 0 Å². The molecule has 0 aliphatic carbocycles. The molecule has 0 radical (unpaired) electrons. The zero-order valence-corrected chi connectivity index (χ0v) is 22.7. The topological polar surface area (TPSA) is 55.5 Å². The summed E-state index contributed by atoms with van der Waals surface area (Å²) in [5, 5.41) is 2.29. The second kappa shape index (κ2) is 10.4. The van der Waals surface area contributed by atoms with Crippen LogP contribution in [0.3, 0.4) is 0 Å². The highest BCUT2D eigenvalue weighted by atomic mass is 16.5. The van der Waals surface area contributed by atoms with Gasteiger partial charge in [-0.15, -0.1) is 0 Å². The predicted molar refractivity (Wildman–Crippen MR) is 155 cm³/mol. The molecule has 0 saturated carbocycles. The number of methoxy groups -OCH3 is 1. The third-order valence-corrected chi connectivity index (χ3v) is 7.78. The van der Waals surface area contributed by atoms with E-state index in [0.29, 0.717) is 6.54 Å². The Labute approximate surface area is 228 Å². The maximum atomic E-state index is 14.1. The lowest BCUT2D eigenvalue weighted by atomic mass is 9.96. The molecule has 3 aromatic carbocycles. The third kappa shape index (κ3) is 4.70. The van der Waals surface area contributed by atoms with E-state index in [-0.39, 0.29) is 5.91 Å². The molecule has 1 amide bonds. The molecule has 1 saturated heterocycles. The summed E-state index contributed by atoms with van der Waals surface area (Å²) in [7, 11) is 3.78. The van der Waals surface area contributed by atoms with Gasteiger partial charge in [0.25, 0.3) is 5.91 Å². The summed E-state index contributed by atoms with van der Waals surface area (Å²) in [6, 6.07) is 22.7. The maximum absolute atomic E-state index is 14.1. The number of aromatic nitrogens is 3. The van der Waals surface area contributed by atoms with E-state index in [1.54, 1.807) is 7.11 Å². The Kier molecular flexibility index (Phi) is 6.67. The van der Waals surface area contributed by atoms with Gasteiger partial charge in [-0.2, -0.15) is 0 Å². The maximum Gasteiger partial charge on any atom is 0.256 e. The van der Waals surface area contributed by atoms with E-state index in [4.69, 9.17) is 4.74 Å². The molecule has 3 heterocycles. The summed E-state index contributed by atoms with van der Waals surface area (Å²) in [6.07, 6.45) is 5.83. The largest absolute Gasteiger partial charge is 0.497 e. The molecule has 39 heavy (non-hydrogen) atoms. The molecule has 1 fully saturated rings. The van der Waals surface area contributed by atoms with Crippen LogP contribution in [0.25, 0.3) is 27.7 Å². The fraction of sp³-hybridized carbons (Fsp3) is 0.250. The summed E-state index contributed by atoms with van der Waals surface area (Å²) in [5.74, 6) is 1.84. The van der Waals surface area contributed by atoms with Crippen molar-refractivity contribution >= 4 is 16.7 Å². The molecule has 198 valence electrons. The summed E-state index contributed by atoms with van der Waals surface area (Å²) < 4.78 is 9.56. The lowest BCUT2D eigenvalue weighted by Crippen LogP contribution is -2.47. The van der Waals surface area contributed by atoms with E-state index in [1.807, 2.05) is 36.5 Å². The molecule has 6 rings (SSSR count). The molecule has 7 heteroatoms. The van der Waals surface area contributed by atoms with E-state index < -0.39 is 0 Å². The van der Waals surface area contributed by atoms with Crippen LogP contribution in [-0.4, -0.2) is 70.2 Å². The molecular formula is C32H33N5O2. The van der Waals surface area contributed by atoms with E-state index in [9.17, 15) is 4.79 Å². The Hall–Kier alpha value is -4.36. The second-order valence-corrected chi connectivity index (χ2v) is 10.2. The predicted octanol–water partition coefficient (Wildman–Crippen LogP) is 5.25. The third-order valence-electron chi connectivity index (χ3n) is 7.78. The van der Waals surface area contributed by atoms with Crippen molar-refractivity contribution in [3.8, 4) is 22.7 Å². The van der Waals surface area contributed by atoms with Crippen LogP contribution < -0.4 is 4.74 Å². The molecule has 2 aromatic heterocycles. The Morgan fingerprint density at radius 1 is 0.923 bits per heavy atom. The standard InChI is InChI=1S/C32H33N5O2/c1-23-31(32(38)35-17-15-34(2)16-18-35)29(28-10-6-8-25-7-4-5-9-27(25)28)21-37(23)30-19-33-22-36(30)20-24-11-13-26(39-3)14-12-24/h4-14,19,21-22H,15-18,20H2,1-3H3. The van der Waals surface area contributed by atoms with Gasteiger partial charge in [-0.1, -0.05) is 54.6 Å². The first-order chi connectivity index (χ1) is 19.0. The zero-order chi connectivity index (χ0) is 26.9. The van der Waals surface area contributed by atoms with E-state index in [0.717, 1.165) is 76.5 Å². The van der Waals surface area contributed by atoms with Crippen LogP contribution in [0.15, 0.2) is 85.5 Å². The lowest BCUT2D eigenvalue weighted by molar-refractivity contribution is 0.0664. The van der Waals surface area contributed by atoms with E-state index in [1.165, 1.54) is 0 Å². The zero-order valence-electron chi connectivity index (χ0n) is 22.7. The first-order valence-electron chi connectivity index (χ1n) is 13.3. The molecule has 0 unspecified atom stereocenters. The van der Waals surface area contributed by atoms with Crippen molar-refractivity contribution in [2.45, 2.75) is 13.5 Å². The van der Waals surface area contributed by atoms with Gasteiger partial charge in [0.1, 0.15) is 11.6 Å². The highest BCUT2D eigenvalue weighted by Crippen LogP contribution is 2.36. The quantitative estimate of drug-likeness (QED) is 0.308. The Morgan fingerprint density at radius 2 is 1.67 bits per heavy atom.